The first-order valence-corrected chi connectivity index (χ1v) is 10.3. The first-order valence-electron chi connectivity index (χ1n) is 9.41. The van der Waals surface area contributed by atoms with E-state index in [0.29, 0.717) is 0 Å². The average Bonchev–Trinajstić information content (AvgIpc) is 3.31. The van der Waals surface area contributed by atoms with Gasteiger partial charge in [-0.15, -0.1) is 0 Å². The molecule has 0 saturated carbocycles. The van der Waals surface area contributed by atoms with Crippen LogP contribution < -0.4 is 0 Å². The van der Waals surface area contributed by atoms with Gasteiger partial charge in [0.2, 0.25) is 0 Å². The Balaban J connectivity index is 1.47. The largest absolute Gasteiger partial charge is 0.358 e. The first-order chi connectivity index (χ1) is 13.6. The SMILES string of the molecule is Cc1[nH]c2ccccc2c1C(=O)C(C)SC1=Nc2ccccc2C2CC=NN12. The van der Waals surface area contributed by atoms with Crippen molar-refractivity contribution in [1.29, 1.82) is 0 Å². The fourth-order valence-corrected chi connectivity index (χ4v) is 4.95. The number of hydrogen-bond acceptors (Lipinski definition) is 5. The van der Waals surface area contributed by atoms with Crippen LogP contribution in [-0.2, 0) is 0 Å². The number of amidine groups is 1. The van der Waals surface area contributed by atoms with Gasteiger partial charge in [0.05, 0.1) is 17.0 Å². The van der Waals surface area contributed by atoms with Crippen molar-refractivity contribution >= 4 is 45.5 Å². The van der Waals surface area contributed by atoms with Crippen LogP contribution in [0, 0.1) is 6.92 Å². The number of nitrogens with one attached hydrogen (secondary N) is 1. The summed E-state index contributed by atoms with van der Waals surface area (Å²) in [7, 11) is 0. The number of H-pyrrole nitrogens is 1. The van der Waals surface area contributed by atoms with Crippen molar-refractivity contribution < 1.29 is 4.79 Å². The van der Waals surface area contributed by atoms with Crippen LogP contribution in [0.2, 0.25) is 0 Å². The Labute approximate surface area is 167 Å². The Hall–Kier alpha value is -2.86. The lowest BCUT2D eigenvalue weighted by Gasteiger charge is -2.30. The number of rotatable bonds is 3. The van der Waals surface area contributed by atoms with E-state index in [1.54, 1.807) is 0 Å². The third-order valence-corrected chi connectivity index (χ3v) is 6.39. The molecule has 1 aromatic heterocycles. The number of fused-ring (bicyclic) bond motifs is 4. The van der Waals surface area contributed by atoms with Gasteiger partial charge >= 0.3 is 0 Å². The highest BCUT2D eigenvalue weighted by atomic mass is 32.2. The zero-order valence-electron chi connectivity index (χ0n) is 15.7. The zero-order valence-corrected chi connectivity index (χ0v) is 16.5. The van der Waals surface area contributed by atoms with E-state index in [2.05, 4.69) is 16.2 Å². The molecule has 0 radical (unpaired) electrons. The number of carbonyl (C=O) groups is 1. The number of nitrogens with zero attached hydrogens (tertiary/aromatic N) is 3. The van der Waals surface area contributed by atoms with Gasteiger partial charge in [0.1, 0.15) is 0 Å². The highest BCUT2D eigenvalue weighted by Gasteiger charge is 2.34. The van der Waals surface area contributed by atoms with Crippen molar-refractivity contribution in [2.45, 2.75) is 31.6 Å². The molecule has 2 aromatic carbocycles. The molecule has 1 N–H and O–H groups in total. The Morgan fingerprint density at radius 2 is 2.00 bits per heavy atom. The van der Waals surface area contributed by atoms with Crippen molar-refractivity contribution in [1.82, 2.24) is 9.99 Å². The molecule has 3 aromatic rings. The van der Waals surface area contributed by atoms with E-state index < -0.39 is 0 Å². The monoisotopic (exact) mass is 388 g/mol. The number of ketones is 1. The van der Waals surface area contributed by atoms with Gasteiger partial charge < -0.3 is 4.98 Å². The highest BCUT2D eigenvalue weighted by molar-refractivity contribution is 8.14. The van der Waals surface area contributed by atoms with Crippen molar-refractivity contribution in [3.8, 4) is 0 Å². The second kappa shape index (κ2) is 6.63. The van der Waals surface area contributed by atoms with Crippen molar-refractivity contribution in [2.24, 2.45) is 10.1 Å². The molecule has 0 amide bonds. The molecule has 2 unspecified atom stereocenters. The Morgan fingerprint density at radius 1 is 1.21 bits per heavy atom. The number of Topliss-reactive ketones (excluding diaryl/α,β-unsaturated/α-hetero) is 1. The van der Waals surface area contributed by atoms with Crippen LogP contribution in [0.5, 0.6) is 0 Å². The van der Waals surface area contributed by atoms with Crippen LogP contribution in [0.3, 0.4) is 0 Å². The molecule has 5 nitrogen and oxygen atoms in total. The summed E-state index contributed by atoms with van der Waals surface area (Å²) in [5.41, 5.74) is 4.84. The molecule has 2 aliphatic heterocycles. The zero-order chi connectivity index (χ0) is 19.3. The number of thioether (sulfide) groups is 1. The van der Waals surface area contributed by atoms with Gasteiger partial charge in [0, 0.05) is 40.4 Å². The van der Waals surface area contributed by atoms with Crippen LogP contribution in [0.4, 0.5) is 5.69 Å². The summed E-state index contributed by atoms with van der Waals surface area (Å²) in [4.78, 5) is 21.4. The van der Waals surface area contributed by atoms with Gasteiger partial charge in [0.25, 0.3) is 0 Å². The lowest BCUT2D eigenvalue weighted by Crippen LogP contribution is -2.30. The van der Waals surface area contributed by atoms with Crippen LogP contribution in [-0.4, -0.2) is 32.4 Å². The highest BCUT2D eigenvalue weighted by Crippen LogP contribution is 2.42. The van der Waals surface area contributed by atoms with Crippen LogP contribution in [0.15, 0.2) is 58.6 Å². The summed E-state index contributed by atoms with van der Waals surface area (Å²) >= 11 is 1.48. The first kappa shape index (κ1) is 17.3. The number of aryl methyl sites for hydroxylation is 1. The maximum Gasteiger partial charge on any atom is 0.186 e. The summed E-state index contributed by atoms with van der Waals surface area (Å²) in [5.74, 6) is 0.112. The summed E-state index contributed by atoms with van der Waals surface area (Å²) < 4.78 is 0. The molecule has 140 valence electrons. The second-order valence-corrected chi connectivity index (χ2v) is 8.45. The predicted octanol–water partition coefficient (Wildman–Crippen LogP) is 5.21. The fraction of sp³-hybridized carbons (Fsp3) is 0.227. The number of carbonyl (C=O) groups excluding carboxylic acids is 1. The lowest BCUT2D eigenvalue weighted by molar-refractivity contribution is 0.0995. The summed E-state index contributed by atoms with van der Waals surface area (Å²) in [6, 6.07) is 16.3. The molecule has 6 heteroatoms. The van der Waals surface area contributed by atoms with E-state index in [9.17, 15) is 4.79 Å². The molecule has 2 atom stereocenters. The fourth-order valence-electron chi connectivity index (χ4n) is 3.97. The Kier molecular flexibility index (Phi) is 4.09. The molecule has 0 bridgehead atoms. The van der Waals surface area contributed by atoms with Crippen LogP contribution in [0.25, 0.3) is 10.9 Å². The minimum atomic E-state index is -0.265. The number of para-hydroxylation sites is 2. The minimum absolute atomic E-state index is 0.112. The summed E-state index contributed by atoms with van der Waals surface area (Å²) in [6.45, 7) is 3.91. The molecular formula is C22H20N4OS. The van der Waals surface area contributed by atoms with Gasteiger partial charge in [-0.3, -0.25) is 4.79 Å². The third kappa shape index (κ3) is 2.67. The standard InChI is InChI=1S/C22H20N4OS/c1-13-20(16-8-4-6-10-18(16)24-13)21(27)14(2)28-22-25-17-9-5-3-7-15(17)19-11-12-23-26(19)22/h3-10,12,14,19,24H,11H2,1-2H3. The molecule has 2 aliphatic rings. The molecule has 28 heavy (non-hydrogen) atoms. The lowest BCUT2D eigenvalue weighted by atomic mass is 10.0. The normalized spacial score (nSPS) is 18.7. The van der Waals surface area contributed by atoms with Gasteiger partial charge in [-0.05, 0) is 26.0 Å². The molecule has 0 spiro atoms. The maximum absolute atomic E-state index is 13.3. The Bertz CT molecular complexity index is 1150. The van der Waals surface area contributed by atoms with Gasteiger partial charge in [-0.2, -0.15) is 5.10 Å². The number of hydrogen-bond donors (Lipinski definition) is 1. The third-order valence-electron chi connectivity index (χ3n) is 5.33. The summed E-state index contributed by atoms with van der Waals surface area (Å²) in [6.07, 6.45) is 2.79. The van der Waals surface area contributed by atoms with E-state index in [1.165, 1.54) is 17.3 Å². The van der Waals surface area contributed by atoms with Gasteiger partial charge in [-0.25, -0.2) is 10.0 Å². The molecular weight excluding hydrogens is 368 g/mol. The summed E-state index contributed by atoms with van der Waals surface area (Å²) in [5, 5.41) is 7.98. The second-order valence-electron chi connectivity index (χ2n) is 7.14. The maximum atomic E-state index is 13.3. The average molecular weight is 388 g/mol. The van der Waals surface area contributed by atoms with Crippen LogP contribution >= 0.6 is 11.8 Å². The van der Waals surface area contributed by atoms with Crippen LogP contribution in [0.1, 0.15) is 41.0 Å². The molecule has 3 heterocycles. The number of hydrazone groups is 1. The van der Waals surface area contributed by atoms with Gasteiger partial charge in [-0.1, -0.05) is 48.2 Å². The Morgan fingerprint density at radius 3 is 2.89 bits per heavy atom. The van der Waals surface area contributed by atoms with Gasteiger partial charge in [0.15, 0.2) is 11.0 Å². The number of aromatic amines is 1. The number of benzene rings is 2. The molecule has 5 rings (SSSR count). The molecule has 0 saturated heterocycles. The van der Waals surface area contributed by atoms with E-state index >= 15 is 0 Å². The van der Waals surface area contributed by atoms with E-state index in [4.69, 9.17) is 4.99 Å². The van der Waals surface area contributed by atoms with Crippen molar-refractivity contribution in [3.63, 3.8) is 0 Å². The van der Waals surface area contributed by atoms with E-state index in [0.717, 1.165) is 39.4 Å². The quantitative estimate of drug-likeness (QED) is 0.626. The van der Waals surface area contributed by atoms with Crippen molar-refractivity contribution in [3.05, 3.63) is 65.4 Å². The van der Waals surface area contributed by atoms with Crippen molar-refractivity contribution in [2.75, 3.05) is 0 Å². The topological polar surface area (TPSA) is 60.8 Å². The predicted molar refractivity (Wildman–Crippen MR) is 116 cm³/mol. The molecule has 0 fully saturated rings. The smallest absolute Gasteiger partial charge is 0.186 e. The molecule has 0 aliphatic carbocycles. The van der Waals surface area contributed by atoms with E-state index in [1.807, 2.05) is 67.5 Å². The van der Waals surface area contributed by atoms with E-state index in [-0.39, 0.29) is 17.1 Å². The number of aromatic nitrogens is 1. The minimum Gasteiger partial charge on any atom is -0.358 e. The number of aliphatic imine (C=N–C) groups is 1.